The summed E-state index contributed by atoms with van der Waals surface area (Å²) in [4.78, 5) is 14.8. The van der Waals surface area contributed by atoms with E-state index in [0.717, 1.165) is 29.8 Å². The number of aryl methyl sites for hydroxylation is 1. The lowest BCUT2D eigenvalue weighted by molar-refractivity contribution is 0.0712. The predicted molar refractivity (Wildman–Crippen MR) is 114 cm³/mol. The Balaban J connectivity index is 1.39. The molecule has 0 spiro atoms. The number of anilines is 1. The molecule has 0 unspecified atom stereocenters. The third-order valence-electron chi connectivity index (χ3n) is 5.39. The van der Waals surface area contributed by atoms with Crippen molar-refractivity contribution < 1.29 is 13.9 Å². The van der Waals surface area contributed by atoms with Crippen LogP contribution in [-0.4, -0.2) is 46.8 Å². The van der Waals surface area contributed by atoms with Gasteiger partial charge in [-0.3, -0.25) is 4.79 Å². The number of aromatic nitrogens is 2. The van der Waals surface area contributed by atoms with Crippen molar-refractivity contribution >= 4 is 11.6 Å². The average Bonchev–Trinajstić information content (AvgIpc) is 3.25. The van der Waals surface area contributed by atoms with Gasteiger partial charge in [0.05, 0.1) is 7.11 Å². The van der Waals surface area contributed by atoms with E-state index in [1.807, 2.05) is 30.0 Å². The zero-order chi connectivity index (χ0) is 21.1. The number of likely N-dealkylation sites (tertiary alicyclic amines) is 1. The Kier molecular flexibility index (Phi) is 5.70. The van der Waals surface area contributed by atoms with Gasteiger partial charge in [-0.1, -0.05) is 6.07 Å². The molecule has 0 aliphatic carbocycles. The first kappa shape index (κ1) is 19.9. The second kappa shape index (κ2) is 8.57. The molecule has 1 fully saturated rings. The monoisotopic (exact) mass is 408 g/mol. The topological polar surface area (TPSA) is 59.4 Å². The third kappa shape index (κ3) is 4.30. The van der Waals surface area contributed by atoms with Gasteiger partial charge >= 0.3 is 0 Å². The normalized spacial score (nSPS) is 14.6. The molecule has 4 rings (SSSR count). The van der Waals surface area contributed by atoms with Crippen LogP contribution >= 0.6 is 0 Å². The van der Waals surface area contributed by atoms with Crippen molar-refractivity contribution in [2.75, 3.05) is 25.5 Å². The summed E-state index contributed by atoms with van der Waals surface area (Å²) in [7, 11) is 1.62. The Morgan fingerprint density at radius 3 is 2.57 bits per heavy atom. The Bertz CT molecular complexity index is 1020. The first-order chi connectivity index (χ1) is 14.5. The number of nitrogens with zero attached hydrogens (tertiary/aromatic N) is 3. The van der Waals surface area contributed by atoms with E-state index in [-0.39, 0.29) is 17.8 Å². The summed E-state index contributed by atoms with van der Waals surface area (Å²) in [5, 5.41) is 7.91. The zero-order valence-electron chi connectivity index (χ0n) is 17.1. The van der Waals surface area contributed by atoms with Crippen molar-refractivity contribution in [3.63, 3.8) is 0 Å². The van der Waals surface area contributed by atoms with Crippen molar-refractivity contribution in [3.8, 4) is 11.4 Å². The number of carbonyl (C=O) groups is 1. The zero-order valence-corrected chi connectivity index (χ0v) is 17.1. The van der Waals surface area contributed by atoms with E-state index in [1.54, 1.807) is 36.2 Å². The number of nitrogens with one attached hydrogen (secondary N) is 1. The molecule has 30 heavy (non-hydrogen) atoms. The molecular weight excluding hydrogens is 383 g/mol. The maximum absolute atomic E-state index is 13.1. The van der Waals surface area contributed by atoms with Crippen LogP contribution in [0, 0.1) is 12.7 Å². The van der Waals surface area contributed by atoms with Gasteiger partial charge in [0, 0.05) is 31.0 Å². The Morgan fingerprint density at radius 1 is 1.13 bits per heavy atom. The minimum Gasteiger partial charge on any atom is -0.494 e. The highest BCUT2D eigenvalue weighted by atomic mass is 19.1. The minimum atomic E-state index is -0.247. The van der Waals surface area contributed by atoms with Crippen molar-refractivity contribution in [3.05, 3.63) is 71.8 Å². The molecule has 2 heterocycles. The van der Waals surface area contributed by atoms with Crippen LogP contribution < -0.4 is 10.1 Å². The number of hydrogen-bond donors (Lipinski definition) is 1. The van der Waals surface area contributed by atoms with Crippen LogP contribution in [0.15, 0.2) is 54.7 Å². The fraction of sp³-hybridized carbons (Fsp3) is 0.304. The molecule has 0 radical (unpaired) electrons. The van der Waals surface area contributed by atoms with Gasteiger partial charge in [-0.2, -0.15) is 5.10 Å². The van der Waals surface area contributed by atoms with Gasteiger partial charge in [0.1, 0.15) is 17.3 Å². The highest BCUT2D eigenvalue weighted by Gasteiger charge is 2.25. The molecule has 7 heteroatoms. The third-order valence-corrected chi connectivity index (χ3v) is 5.39. The van der Waals surface area contributed by atoms with Gasteiger partial charge in [-0.25, -0.2) is 9.07 Å². The lowest BCUT2D eigenvalue weighted by atomic mass is 10.0. The highest BCUT2D eigenvalue weighted by Crippen LogP contribution is 2.24. The fourth-order valence-corrected chi connectivity index (χ4v) is 3.72. The van der Waals surface area contributed by atoms with Gasteiger partial charge in [0.2, 0.25) is 0 Å². The summed E-state index contributed by atoms with van der Waals surface area (Å²) < 4.78 is 20.2. The molecule has 2 aromatic carbocycles. The van der Waals surface area contributed by atoms with Crippen LogP contribution in [0.5, 0.6) is 5.75 Å². The van der Waals surface area contributed by atoms with E-state index in [9.17, 15) is 9.18 Å². The molecule has 156 valence electrons. The lowest BCUT2D eigenvalue weighted by Gasteiger charge is -2.32. The molecule has 1 amide bonds. The quantitative estimate of drug-likeness (QED) is 0.692. The second-order valence-electron chi connectivity index (χ2n) is 7.54. The number of rotatable bonds is 5. The highest BCUT2D eigenvalue weighted by molar-refractivity contribution is 5.92. The van der Waals surface area contributed by atoms with Crippen molar-refractivity contribution in [1.82, 2.24) is 14.7 Å². The van der Waals surface area contributed by atoms with Crippen molar-refractivity contribution in [2.24, 2.45) is 0 Å². The number of ether oxygens (including phenoxy) is 1. The van der Waals surface area contributed by atoms with Gasteiger partial charge in [0.25, 0.3) is 5.91 Å². The van der Waals surface area contributed by atoms with E-state index < -0.39 is 0 Å². The number of benzene rings is 2. The van der Waals surface area contributed by atoms with E-state index in [1.165, 1.54) is 12.1 Å². The van der Waals surface area contributed by atoms with Gasteiger partial charge in [-0.05, 0) is 67.8 Å². The first-order valence-corrected chi connectivity index (χ1v) is 10.1. The molecule has 6 nitrogen and oxygen atoms in total. The Hall–Kier alpha value is -3.35. The summed E-state index contributed by atoms with van der Waals surface area (Å²) in [6, 6.07) is 14.2. The van der Waals surface area contributed by atoms with Crippen LogP contribution in [-0.2, 0) is 0 Å². The standard InChI is InChI=1S/C23H25FN4O2/c1-16-3-8-22(30-2)21(15-16)28-14-11-20(26-28)23(29)27-12-9-19(10-13-27)25-18-6-4-17(24)5-7-18/h3-8,11,14-15,19,25H,9-10,12-13H2,1-2H3. The molecular formula is C23H25FN4O2. The van der Waals surface area contributed by atoms with Crippen LogP contribution in [0.25, 0.3) is 5.69 Å². The van der Waals surface area contributed by atoms with Gasteiger partial charge in [0.15, 0.2) is 5.69 Å². The molecule has 0 atom stereocenters. The molecule has 1 saturated heterocycles. The lowest BCUT2D eigenvalue weighted by Crippen LogP contribution is -2.42. The largest absolute Gasteiger partial charge is 0.494 e. The summed E-state index contributed by atoms with van der Waals surface area (Å²) in [5.41, 5.74) is 3.21. The Morgan fingerprint density at radius 2 is 1.87 bits per heavy atom. The van der Waals surface area contributed by atoms with E-state index in [2.05, 4.69) is 10.4 Å². The molecule has 0 bridgehead atoms. The minimum absolute atomic E-state index is 0.0689. The SMILES string of the molecule is COc1ccc(C)cc1-n1ccc(C(=O)N2CCC(Nc3ccc(F)cc3)CC2)n1. The number of hydrogen-bond acceptors (Lipinski definition) is 4. The van der Waals surface area contributed by atoms with E-state index >= 15 is 0 Å². The predicted octanol–water partition coefficient (Wildman–Crippen LogP) is 4.05. The fourth-order valence-electron chi connectivity index (χ4n) is 3.72. The van der Waals surface area contributed by atoms with Gasteiger partial charge < -0.3 is 15.0 Å². The van der Waals surface area contributed by atoms with E-state index in [4.69, 9.17) is 4.74 Å². The van der Waals surface area contributed by atoms with E-state index in [0.29, 0.717) is 24.5 Å². The van der Waals surface area contributed by atoms with Crippen LogP contribution in [0.4, 0.5) is 10.1 Å². The maximum Gasteiger partial charge on any atom is 0.274 e. The molecule has 3 aromatic rings. The van der Waals surface area contributed by atoms with Crippen LogP contribution in [0.2, 0.25) is 0 Å². The molecule has 1 N–H and O–H groups in total. The molecule has 1 aliphatic rings. The summed E-state index contributed by atoms with van der Waals surface area (Å²) in [6.07, 6.45) is 3.44. The van der Waals surface area contributed by atoms with Crippen molar-refractivity contribution in [2.45, 2.75) is 25.8 Å². The van der Waals surface area contributed by atoms with Crippen LogP contribution in [0.3, 0.4) is 0 Å². The average molecular weight is 408 g/mol. The number of amides is 1. The summed E-state index contributed by atoms with van der Waals surface area (Å²) in [6.45, 7) is 3.30. The summed E-state index contributed by atoms with van der Waals surface area (Å²) in [5.74, 6) is 0.389. The Labute approximate surface area is 175 Å². The van der Waals surface area contributed by atoms with Crippen molar-refractivity contribution in [1.29, 1.82) is 0 Å². The maximum atomic E-state index is 13.1. The first-order valence-electron chi connectivity index (χ1n) is 10.1. The molecule has 1 aromatic heterocycles. The number of methoxy groups -OCH3 is 1. The van der Waals surface area contributed by atoms with Crippen LogP contribution in [0.1, 0.15) is 28.9 Å². The second-order valence-corrected chi connectivity index (χ2v) is 7.54. The number of halogens is 1. The van der Waals surface area contributed by atoms with Gasteiger partial charge in [-0.15, -0.1) is 0 Å². The smallest absolute Gasteiger partial charge is 0.274 e. The number of carbonyl (C=O) groups excluding carboxylic acids is 1. The summed E-state index contributed by atoms with van der Waals surface area (Å²) >= 11 is 0. The number of piperidine rings is 1. The molecule has 1 aliphatic heterocycles. The molecule has 0 saturated carbocycles.